The van der Waals surface area contributed by atoms with E-state index in [4.69, 9.17) is 19.9 Å². The van der Waals surface area contributed by atoms with E-state index in [1.807, 2.05) is 0 Å². The van der Waals surface area contributed by atoms with Gasteiger partial charge in [-0.15, -0.1) is 0 Å². The van der Waals surface area contributed by atoms with E-state index >= 15 is 0 Å². The van der Waals surface area contributed by atoms with E-state index < -0.39 is 23.5 Å². The minimum absolute atomic E-state index is 0.0192. The monoisotopic (exact) mass is 305 g/mol. The van der Waals surface area contributed by atoms with Crippen LogP contribution in [0, 0.1) is 11.6 Å². The van der Waals surface area contributed by atoms with E-state index in [9.17, 15) is 13.9 Å². The number of rotatable bonds is 9. The highest BCUT2D eigenvalue weighted by Gasteiger charge is 2.15. The Morgan fingerprint density at radius 2 is 1.81 bits per heavy atom. The van der Waals surface area contributed by atoms with Gasteiger partial charge in [0.2, 0.25) is 0 Å². The molecule has 0 aliphatic carbocycles. The molecule has 1 rings (SSSR count). The zero-order valence-electron chi connectivity index (χ0n) is 12.1. The van der Waals surface area contributed by atoms with Gasteiger partial charge >= 0.3 is 0 Å². The van der Waals surface area contributed by atoms with Crippen molar-refractivity contribution in [1.82, 2.24) is 0 Å². The molecule has 0 aliphatic heterocycles. The Kier molecular flexibility index (Phi) is 7.52. The van der Waals surface area contributed by atoms with Gasteiger partial charge < -0.3 is 25.1 Å². The maximum Gasteiger partial charge on any atom is 0.190 e. The third-order valence-electron chi connectivity index (χ3n) is 2.69. The summed E-state index contributed by atoms with van der Waals surface area (Å²) in [7, 11) is 1.54. The molecule has 2 unspecified atom stereocenters. The van der Waals surface area contributed by atoms with Crippen LogP contribution in [0.1, 0.15) is 12.5 Å². The number of ether oxygens (including phenoxy) is 3. The zero-order valence-corrected chi connectivity index (χ0v) is 12.1. The number of nitrogens with two attached hydrogens (primary N) is 1. The molecule has 0 spiro atoms. The Labute approximate surface area is 122 Å². The standard InChI is InChI=1S/C14H21F2NO4/c1-9(6-19-2)20-7-11(18)8-21-14-12(15)3-10(5-17)4-13(14)16/h3-4,9,11,18H,5-8,17H2,1-2H3. The summed E-state index contributed by atoms with van der Waals surface area (Å²) in [5.74, 6) is -2.23. The largest absolute Gasteiger partial charge is 0.485 e. The highest BCUT2D eigenvalue weighted by Crippen LogP contribution is 2.23. The quantitative estimate of drug-likeness (QED) is 0.717. The highest BCUT2D eigenvalue weighted by molar-refractivity contribution is 5.31. The van der Waals surface area contributed by atoms with Crippen molar-refractivity contribution in [3.63, 3.8) is 0 Å². The number of aliphatic hydroxyl groups excluding tert-OH is 1. The molecule has 0 aromatic heterocycles. The Bertz CT molecular complexity index is 422. The van der Waals surface area contributed by atoms with Crippen LogP contribution in [-0.2, 0) is 16.0 Å². The van der Waals surface area contributed by atoms with Crippen molar-refractivity contribution in [2.45, 2.75) is 25.7 Å². The van der Waals surface area contributed by atoms with Gasteiger partial charge in [-0.05, 0) is 24.6 Å². The predicted molar refractivity (Wildman–Crippen MR) is 73.0 cm³/mol. The molecule has 3 N–H and O–H groups in total. The van der Waals surface area contributed by atoms with Gasteiger partial charge in [0, 0.05) is 13.7 Å². The van der Waals surface area contributed by atoms with Gasteiger partial charge in [-0.1, -0.05) is 0 Å². The van der Waals surface area contributed by atoms with Gasteiger partial charge in [0.1, 0.15) is 12.7 Å². The van der Waals surface area contributed by atoms with Gasteiger partial charge in [0.15, 0.2) is 17.4 Å². The number of methoxy groups -OCH3 is 1. The molecule has 0 bridgehead atoms. The summed E-state index contributed by atoms with van der Waals surface area (Å²) in [6.07, 6.45) is -1.20. The molecule has 0 saturated heterocycles. The minimum atomic E-state index is -1.00. The van der Waals surface area contributed by atoms with Crippen LogP contribution in [0.4, 0.5) is 8.78 Å². The van der Waals surface area contributed by atoms with Gasteiger partial charge in [-0.2, -0.15) is 0 Å². The fourth-order valence-electron chi connectivity index (χ4n) is 1.65. The molecule has 1 aromatic carbocycles. The molecule has 0 fully saturated rings. The lowest BCUT2D eigenvalue weighted by molar-refractivity contribution is -0.0428. The first-order chi connectivity index (χ1) is 9.97. The van der Waals surface area contributed by atoms with E-state index in [2.05, 4.69) is 0 Å². The summed E-state index contributed by atoms with van der Waals surface area (Å²) in [5.41, 5.74) is 5.64. The lowest BCUT2D eigenvalue weighted by Gasteiger charge is -2.17. The summed E-state index contributed by atoms with van der Waals surface area (Å²) < 4.78 is 42.3. The van der Waals surface area contributed by atoms with Gasteiger partial charge in [0.25, 0.3) is 0 Å². The van der Waals surface area contributed by atoms with Crippen molar-refractivity contribution in [2.75, 3.05) is 26.9 Å². The Morgan fingerprint density at radius 1 is 1.19 bits per heavy atom. The Balaban J connectivity index is 2.48. The van der Waals surface area contributed by atoms with Crippen LogP contribution in [-0.4, -0.2) is 44.2 Å². The van der Waals surface area contributed by atoms with Gasteiger partial charge in [-0.25, -0.2) is 8.78 Å². The maximum atomic E-state index is 13.6. The van der Waals surface area contributed by atoms with E-state index in [1.54, 1.807) is 6.92 Å². The summed E-state index contributed by atoms with van der Waals surface area (Å²) in [6, 6.07) is 2.20. The van der Waals surface area contributed by atoms with Crippen LogP contribution in [0.25, 0.3) is 0 Å². The fraction of sp³-hybridized carbons (Fsp3) is 0.571. The third kappa shape index (κ3) is 5.92. The van der Waals surface area contributed by atoms with Crippen molar-refractivity contribution >= 4 is 0 Å². The van der Waals surface area contributed by atoms with Crippen LogP contribution in [0.15, 0.2) is 12.1 Å². The SMILES string of the molecule is COCC(C)OCC(O)COc1c(F)cc(CN)cc1F. The van der Waals surface area contributed by atoms with Crippen LogP contribution < -0.4 is 10.5 Å². The van der Waals surface area contributed by atoms with Crippen LogP contribution >= 0.6 is 0 Å². The number of halogens is 2. The van der Waals surface area contributed by atoms with Crippen molar-refractivity contribution in [1.29, 1.82) is 0 Å². The first-order valence-corrected chi connectivity index (χ1v) is 6.57. The first-order valence-electron chi connectivity index (χ1n) is 6.57. The Morgan fingerprint density at radius 3 is 2.33 bits per heavy atom. The smallest absolute Gasteiger partial charge is 0.190 e. The Hall–Kier alpha value is -1.28. The molecule has 21 heavy (non-hydrogen) atoms. The van der Waals surface area contributed by atoms with Crippen molar-refractivity contribution in [3.05, 3.63) is 29.3 Å². The molecule has 0 radical (unpaired) electrons. The fourth-order valence-corrected chi connectivity index (χ4v) is 1.65. The summed E-state index contributed by atoms with van der Waals surface area (Å²) in [6.45, 7) is 1.89. The topological polar surface area (TPSA) is 73.9 Å². The lowest BCUT2D eigenvalue weighted by atomic mass is 10.2. The summed E-state index contributed by atoms with van der Waals surface area (Å²) >= 11 is 0. The van der Waals surface area contributed by atoms with Crippen LogP contribution in [0.2, 0.25) is 0 Å². The average molecular weight is 305 g/mol. The first kappa shape index (κ1) is 17.8. The molecular weight excluding hydrogens is 284 g/mol. The number of hydrogen-bond donors (Lipinski definition) is 2. The number of benzene rings is 1. The molecule has 5 nitrogen and oxygen atoms in total. The molecule has 2 atom stereocenters. The van der Waals surface area contributed by atoms with Crippen LogP contribution in [0.3, 0.4) is 0 Å². The third-order valence-corrected chi connectivity index (χ3v) is 2.69. The second kappa shape index (κ2) is 8.89. The molecule has 0 amide bonds. The van der Waals surface area contributed by atoms with E-state index in [-0.39, 0.29) is 25.9 Å². The van der Waals surface area contributed by atoms with E-state index in [0.29, 0.717) is 12.2 Å². The normalized spacial score (nSPS) is 14.0. The molecule has 1 aromatic rings. The maximum absolute atomic E-state index is 13.6. The minimum Gasteiger partial charge on any atom is -0.485 e. The van der Waals surface area contributed by atoms with Crippen molar-refractivity contribution < 1.29 is 28.1 Å². The second-order valence-corrected chi connectivity index (χ2v) is 4.66. The number of aliphatic hydroxyl groups is 1. The molecule has 0 heterocycles. The molecule has 0 saturated carbocycles. The van der Waals surface area contributed by atoms with Crippen molar-refractivity contribution in [2.24, 2.45) is 5.73 Å². The predicted octanol–water partition coefficient (Wildman–Crippen LogP) is 1.21. The summed E-state index contributed by atoms with van der Waals surface area (Å²) in [5, 5.41) is 9.65. The average Bonchev–Trinajstić information content (AvgIpc) is 2.44. The van der Waals surface area contributed by atoms with Crippen LogP contribution in [0.5, 0.6) is 5.75 Å². The molecule has 120 valence electrons. The van der Waals surface area contributed by atoms with Gasteiger partial charge in [0.05, 0.1) is 19.3 Å². The van der Waals surface area contributed by atoms with Gasteiger partial charge in [-0.3, -0.25) is 0 Å². The highest BCUT2D eigenvalue weighted by atomic mass is 19.1. The molecular formula is C14H21F2NO4. The summed E-state index contributed by atoms with van der Waals surface area (Å²) in [4.78, 5) is 0. The van der Waals surface area contributed by atoms with E-state index in [1.165, 1.54) is 7.11 Å². The molecule has 0 aliphatic rings. The van der Waals surface area contributed by atoms with Crippen molar-refractivity contribution in [3.8, 4) is 5.75 Å². The zero-order chi connectivity index (χ0) is 15.8. The number of hydrogen-bond acceptors (Lipinski definition) is 5. The lowest BCUT2D eigenvalue weighted by Crippen LogP contribution is -2.27. The van der Waals surface area contributed by atoms with E-state index in [0.717, 1.165) is 12.1 Å². The second-order valence-electron chi connectivity index (χ2n) is 4.66. The molecule has 7 heteroatoms.